The molecular weight excluding hydrogens is 459 g/mol. The van der Waals surface area contributed by atoms with Gasteiger partial charge in [-0.2, -0.15) is 0 Å². The molecule has 0 saturated carbocycles. The number of esters is 2. The number of ketones is 1. The van der Waals surface area contributed by atoms with Gasteiger partial charge in [0.1, 0.15) is 28.4 Å². The Hall–Kier alpha value is -3.24. The highest BCUT2D eigenvalue weighted by molar-refractivity contribution is 7.14. The molecule has 10 heteroatoms. The lowest BCUT2D eigenvalue weighted by atomic mass is 9.92. The summed E-state index contributed by atoms with van der Waals surface area (Å²) >= 11 is 1.97. The first-order chi connectivity index (χ1) is 15.1. The van der Waals surface area contributed by atoms with Gasteiger partial charge in [-0.15, -0.1) is 22.7 Å². The predicted octanol–water partition coefficient (Wildman–Crippen LogP) is 4.56. The van der Waals surface area contributed by atoms with Crippen molar-refractivity contribution in [3.8, 4) is 11.5 Å². The number of aromatic hydroxyl groups is 2. The summed E-state index contributed by atoms with van der Waals surface area (Å²) in [7, 11) is 2.33. The van der Waals surface area contributed by atoms with E-state index in [1.165, 1.54) is 12.1 Å². The summed E-state index contributed by atoms with van der Waals surface area (Å²) < 4.78 is 22.8. The van der Waals surface area contributed by atoms with Crippen molar-refractivity contribution in [2.45, 2.75) is 19.8 Å². The van der Waals surface area contributed by atoms with E-state index in [4.69, 9.17) is 9.47 Å². The minimum atomic E-state index is -1.26. The van der Waals surface area contributed by atoms with Crippen molar-refractivity contribution < 1.29 is 38.5 Å². The Morgan fingerprint density at radius 1 is 0.844 bits per heavy atom. The van der Waals surface area contributed by atoms with Crippen LogP contribution in [0, 0.1) is 19.7 Å². The molecule has 0 aliphatic heterocycles. The Morgan fingerprint density at radius 2 is 1.25 bits per heavy atom. The van der Waals surface area contributed by atoms with Crippen LogP contribution in [0.15, 0.2) is 24.3 Å². The molecule has 1 aromatic carbocycles. The molecule has 0 fully saturated rings. The molecule has 3 aromatic rings. The predicted molar refractivity (Wildman–Crippen MR) is 117 cm³/mol. The number of methoxy groups -OCH3 is 2. The van der Waals surface area contributed by atoms with Crippen molar-refractivity contribution in [3.63, 3.8) is 0 Å². The first kappa shape index (κ1) is 23.4. The summed E-state index contributed by atoms with van der Waals surface area (Å²) in [5, 5.41) is 21.7. The highest BCUT2D eigenvalue weighted by Gasteiger charge is 2.37. The lowest BCUT2D eigenvalue weighted by Crippen LogP contribution is -2.13. The molecule has 0 aliphatic carbocycles. The van der Waals surface area contributed by atoms with Crippen LogP contribution in [0.1, 0.15) is 56.5 Å². The number of aryl methyl sites for hydroxylation is 2. The first-order valence-corrected chi connectivity index (χ1v) is 10.9. The minimum absolute atomic E-state index is 0.0881. The number of hydrogen-bond acceptors (Lipinski definition) is 9. The van der Waals surface area contributed by atoms with Gasteiger partial charge < -0.3 is 19.7 Å². The van der Waals surface area contributed by atoms with Crippen LogP contribution in [0.2, 0.25) is 0 Å². The largest absolute Gasteiger partial charge is 0.506 e. The zero-order valence-corrected chi connectivity index (χ0v) is 19.1. The maximum absolute atomic E-state index is 13.5. The van der Waals surface area contributed by atoms with Gasteiger partial charge in [-0.3, -0.25) is 4.79 Å². The zero-order valence-electron chi connectivity index (χ0n) is 17.5. The van der Waals surface area contributed by atoms with Crippen LogP contribution in [0.3, 0.4) is 0 Å². The van der Waals surface area contributed by atoms with E-state index >= 15 is 0 Å². The van der Waals surface area contributed by atoms with Gasteiger partial charge in [-0.05, 0) is 38.1 Å². The second-order valence-corrected chi connectivity index (χ2v) is 9.29. The SMILES string of the molecule is COC(=O)c1c(C)sc(C(C(=O)c2ccc(F)cc2)c2sc(C)c(C(=O)OC)c2O)c1O. The van der Waals surface area contributed by atoms with Crippen LogP contribution in [-0.2, 0) is 9.47 Å². The van der Waals surface area contributed by atoms with Gasteiger partial charge in [-0.25, -0.2) is 14.0 Å². The average Bonchev–Trinajstić information content (AvgIpc) is 3.22. The third kappa shape index (κ3) is 3.98. The highest BCUT2D eigenvalue weighted by Crippen LogP contribution is 2.49. The smallest absolute Gasteiger partial charge is 0.342 e. The van der Waals surface area contributed by atoms with E-state index in [1.807, 2.05) is 0 Å². The molecule has 0 atom stereocenters. The number of carbonyl (C=O) groups excluding carboxylic acids is 3. The normalized spacial score (nSPS) is 10.9. The third-order valence-electron chi connectivity index (χ3n) is 4.86. The molecule has 0 radical (unpaired) electrons. The molecule has 0 saturated heterocycles. The molecule has 7 nitrogen and oxygen atoms in total. The maximum Gasteiger partial charge on any atom is 0.342 e. The van der Waals surface area contributed by atoms with Gasteiger partial charge in [0.05, 0.1) is 29.9 Å². The average molecular weight is 479 g/mol. The number of Topliss-reactive ketones (excluding diaryl/α,β-unsaturated/α-hetero) is 1. The van der Waals surface area contributed by atoms with Crippen LogP contribution < -0.4 is 0 Å². The van der Waals surface area contributed by atoms with Crippen LogP contribution in [0.25, 0.3) is 0 Å². The number of halogens is 1. The fraction of sp³-hybridized carbons (Fsp3) is 0.227. The highest BCUT2D eigenvalue weighted by atomic mass is 32.1. The summed E-state index contributed by atoms with van der Waals surface area (Å²) in [5.41, 5.74) is -0.0673. The van der Waals surface area contributed by atoms with Crippen molar-refractivity contribution in [2.75, 3.05) is 14.2 Å². The Kier molecular flexibility index (Phi) is 6.65. The maximum atomic E-state index is 13.5. The number of benzene rings is 1. The number of ether oxygens (including phenoxy) is 2. The number of rotatable bonds is 6. The molecule has 0 amide bonds. The monoisotopic (exact) mass is 478 g/mol. The molecule has 168 valence electrons. The molecule has 2 aromatic heterocycles. The second-order valence-electron chi connectivity index (χ2n) is 6.78. The van der Waals surface area contributed by atoms with Crippen LogP contribution in [0.5, 0.6) is 11.5 Å². The van der Waals surface area contributed by atoms with Gasteiger partial charge in [-0.1, -0.05) is 0 Å². The van der Waals surface area contributed by atoms with E-state index in [1.54, 1.807) is 13.8 Å². The first-order valence-electron chi connectivity index (χ1n) is 9.23. The van der Waals surface area contributed by atoms with Gasteiger partial charge in [0, 0.05) is 15.3 Å². The van der Waals surface area contributed by atoms with Gasteiger partial charge in [0.25, 0.3) is 0 Å². The Morgan fingerprint density at radius 3 is 1.62 bits per heavy atom. The van der Waals surface area contributed by atoms with Crippen LogP contribution >= 0.6 is 22.7 Å². The zero-order chi connectivity index (χ0) is 23.7. The van der Waals surface area contributed by atoms with Gasteiger partial charge in [0.2, 0.25) is 0 Å². The summed E-state index contributed by atoms with van der Waals surface area (Å²) in [5.74, 6) is -4.83. The molecule has 0 spiro atoms. The number of carbonyl (C=O) groups is 3. The Labute approximate surface area is 190 Å². The van der Waals surface area contributed by atoms with E-state index in [-0.39, 0.29) is 26.4 Å². The fourth-order valence-electron chi connectivity index (χ4n) is 3.32. The molecule has 32 heavy (non-hydrogen) atoms. The van der Waals surface area contributed by atoms with E-state index in [9.17, 15) is 29.0 Å². The molecule has 2 heterocycles. The number of thiophene rings is 2. The Balaban J connectivity index is 2.27. The van der Waals surface area contributed by atoms with E-state index < -0.39 is 41.0 Å². The molecular formula is C22H19FO7S2. The molecule has 0 bridgehead atoms. The lowest BCUT2D eigenvalue weighted by molar-refractivity contribution is 0.0588. The molecule has 3 rings (SSSR count). The van der Waals surface area contributed by atoms with Gasteiger partial charge in [0.15, 0.2) is 5.78 Å². The van der Waals surface area contributed by atoms with E-state index in [0.29, 0.717) is 9.75 Å². The topological polar surface area (TPSA) is 110 Å². The summed E-state index contributed by atoms with van der Waals surface area (Å²) in [6.07, 6.45) is 0. The third-order valence-corrected chi connectivity index (χ3v) is 7.18. The van der Waals surface area contributed by atoms with Gasteiger partial charge >= 0.3 is 11.9 Å². The summed E-state index contributed by atoms with van der Waals surface area (Å²) in [6.45, 7) is 3.16. The standard InChI is InChI=1S/C22H19FO7S2/c1-9-13(21(27)29-3)17(25)19(31-9)15(16(24)11-5-7-12(23)8-6-11)20-18(26)14(10(2)32-20)22(28)30-4/h5-8,15,25-26H,1-4H3. The van der Waals surface area contributed by atoms with E-state index in [0.717, 1.165) is 49.0 Å². The summed E-state index contributed by atoms with van der Waals surface area (Å²) in [6, 6.07) is 4.79. The number of hydrogen-bond donors (Lipinski definition) is 2. The Bertz CT molecular complexity index is 1140. The van der Waals surface area contributed by atoms with Crippen LogP contribution in [0.4, 0.5) is 4.39 Å². The molecule has 2 N–H and O–H groups in total. The van der Waals surface area contributed by atoms with Crippen LogP contribution in [-0.4, -0.2) is 42.2 Å². The quantitative estimate of drug-likeness (QED) is 0.395. The fourth-order valence-corrected chi connectivity index (χ4v) is 5.70. The van der Waals surface area contributed by atoms with Crippen molar-refractivity contribution in [1.82, 2.24) is 0 Å². The summed E-state index contributed by atoms with van der Waals surface area (Å²) in [4.78, 5) is 38.8. The molecule has 0 unspecified atom stereocenters. The second kappa shape index (κ2) is 9.09. The minimum Gasteiger partial charge on any atom is -0.506 e. The van der Waals surface area contributed by atoms with Crippen molar-refractivity contribution in [3.05, 3.63) is 66.3 Å². The van der Waals surface area contributed by atoms with Crippen molar-refractivity contribution >= 4 is 40.4 Å². The van der Waals surface area contributed by atoms with Crippen molar-refractivity contribution in [2.24, 2.45) is 0 Å². The lowest BCUT2D eigenvalue weighted by Gasteiger charge is -2.15. The van der Waals surface area contributed by atoms with E-state index in [2.05, 4.69) is 0 Å². The van der Waals surface area contributed by atoms with Crippen molar-refractivity contribution in [1.29, 1.82) is 0 Å². The molecule has 0 aliphatic rings.